The number of hydrogen-bond acceptors (Lipinski definition) is 2. The normalized spacial score (nSPS) is 11.4. The summed E-state index contributed by atoms with van der Waals surface area (Å²) < 4.78 is 1.12. The Morgan fingerprint density at radius 3 is 2.69 bits per heavy atom. The van der Waals surface area contributed by atoms with Crippen LogP contribution in [0.5, 0.6) is 0 Å². The molecular formula is C13H20BrNO. The molecule has 0 aliphatic rings. The van der Waals surface area contributed by atoms with Gasteiger partial charge in [0.2, 0.25) is 0 Å². The minimum Gasteiger partial charge on any atom is -0.396 e. The Labute approximate surface area is 106 Å². The second kappa shape index (κ2) is 7.05. The second-order valence-corrected chi connectivity index (χ2v) is 5.19. The van der Waals surface area contributed by atoms with Gasteiger partial charge < -0.3 is 5.11 Å². The van der Waals surface area contributed by atoms with E-state index in [-0.39, 0.29) is 6.61 Å². The SMILES string of the molecule is CC(C)N(CCCO)Cc1cccc(Br)c1. The van der Waals surface area contributed by atoms with Gasteiger partial charge in [-0.3, -0.25) is 4.90 Å². The van der Waals surface area contributed by atoms with Crippen molar-refractivity contribution >= 4 is 15.9 Å². The molecule has 0 radical (unpaired) electrons. The summed E-state index contributed by atoms with van der Waals surface area (Å²) in [5, 5.41) is 8.87. The number of nitrogens with zero attached hydrogens (tertiary/aromatic N) is 1. The standard InChI is InChI=1S/C13H20BrNO/c1-11(2)15(7-4-8-16)10-12-5-3-6-13(14)9-12/h3,5-6,9,11,16H,4,7-8,10H2,1-2H3. The molecule has 3 heteroatoms. The van der Waals surface area contributed by atoms with Crippen LogP contribution in [0.3, 0.4) is 0 Å². The van der Waals surface area contributed by atoms with E-state index in [2.05, 4.69) is 52.9 Å². The fraction of sp³-hybridized carbons (Fsp3) is 0.538. The molecule has 0 aromatic heterocycles. The fourth-order valence-electron chi connectivity index (χ4n) is 1.66. The maximum atomic E-state index is 8.87. The van der Waals surface area contributed by atoms with E-state index in [0.717, 1.165) is 24.0 Å². The lowest BCUT2D eigenvalue weighted by molar-refractivity contribution is 0.185. The van der Waals surface area contributed by atoms with Crippen molar-refractivity contribution in [2.75, 3.05) is 13.2 Å². The Hall–Kier alpha value is -0.380. The first-order valence-corrected chi connectivity index (χ1v) is 6.52. The molecule has 0 saturated heterocycles. The summed E-state index contributed by atoms with van der Waals surface area (Å²) in [6.07, 6.45) is 0.839. The van der Waals surface area contributed by atoms with E-state index < -0.39 is 0 Å². The average molecular weight is 286 g/mol. The molecule has 0 heterocycles. The zero-order valence-corrected chi connectivity index (χ0v) is 11.6. The monoisotopic (exact) mass is 285 g/mol. The van der Waals surface area contributed by atoms with Crippen molar-refractivity contribution in [1.82, 2.24) is 4.90 Å². The molecule has 1 N–H and O–H groups in total. The number of benzene rings is 1. The van der Waals surface area contributed by atoms with Crippen molar-refractivity contribution in [3.63, 3.8) is 0 Å². The molecule has 1 aromatic carbocycles. The maximum Gasteiger partial charge on any atom is 0.0443 e. The van der Waals surface area contributed by atoms with Crippen LogP contribution in [0.2, 0.25) is 0 Å². The minimum absolute atomic E-state index is 0.266. The molecule has 0 amide bonds. The van der Waals surface area contributed by atoms with Crippen LogP contribution in [-0.4, -0.2) is 29.2 Å². The predicted octanol–water partition coefficient (Wildman–Crippen LogP) is 3.04. The van der Waals surface area contributed by atoms with Crippen molar-refractivity contribution < 1.29 is 5.11 Å². The van der Waals surface area contributed by atoms with Gasteiger partial charge in [0, 0.05) is 30.2 Å². The molecule has 1 aromatic rings. The highest BCUT2D eigenvalue weighted by Crippen LogP contribution is 2.14. The maximum absolute atomic E-state index is 8.87. The van der Waals surface area contributed by atoms with Gasteiger partial charge in [-0.05, 0) is 38.0 Å². The number of halogens is 1. The molecule has 0 spiro atoms. The summed E-state index contributed by atoms with van der Waals surface area (Å²) in [6.45, 7) is 6.53. The van der Waals surface area contributed by atoms with Crippen LogP contribution in [0, 0.1) is 0 Å². The third-order valence-electron chi connectivity index (χ3n) is 2.61. The van der Waals surface area contributed by atoms with E-state index in [1.54, 1.807) is 0 Å². The lowest BCUT2D eigenvalue weighted by Crippen LogP contribution is -2.31. The number of rotatable bonds is 6. The van der Waals surface area contributed by atoms with Gasteiger partial charge in [-0.2, -0.15) is 0 Å². The molecule has 2 nitrogen and oxygen atoms in total. The predicted molar refractivity (Wildman–Crippen MR) is 71.4 cm³/mol. The summed E-state index contributed by atoms with van der Waals surface area (Å²) in [5.41, 5.74) is 1.31. The zero-order chi connectivity index (χ0) is 12.0. The molecule has 0 aliphatic carbocycles. The van der Waals surface area contributed by atoms with E-state index in [9.17, 15) is 0 Å². The third-order valence-corrected chi connectivity index (χ3v) is 3.10. The van der Waals surface area contributed by atoms with Crippen molar-refractivity contribution in [1.29, 1.82) is 0 Å². The summed E-state index contributed by atoms with van der Waals surface area (Å²) >= 11 is 3.48. The smallest absolute Gasteiger partial charge is 0.0443 e. The van der Waals surface area contributed by atoms with Crippen LogP contribution >= 0.6 is 15.9 Å². The van der Waals surface area contributed by atoms with Gasteiger partial charge in [-0.25, -0.2) is 0 Å². The van der Waals surface area contributed by atoms with Gasteiger partial charge in [-0.1, -0.05) is 28.1 Å². The van der Waals surface area contributed by atoms with Crippen LogP contribution in [-0.2, 0) is 6.54 Å². The topological polar surface area (TPSA) is 23.5 Å². The first kappa shape index (κ1) is 13.7. The van der Waals surface area contributed by atoms with Crippen LogP contribution in [0.1, 0.15) is 25.8 Å². The van der Waals surface area contributed by atoms with Gasteiger partial charge in [0.15, 0.2) is 0 Å². The van der Waals surface area contributed by atoms with Crippen LogP contribution in [0.4, 0.5) is 0 Å². The number of aliphatic hydroxyl groups excluding tert-OH is 1. The lowest BCUT2D eigenvalue weighted by atomic mass is 10.2. The van der Waals surface area contributed by atoms with Crippen LogP contribution < -0.4 is 0 Å². The summed E-state index contributed by atoms with van der Waals surface area (Å²) in [6, 6.07) is 8.89. The van der Waals surface area contributed by atoms with Gasteiger partial charge in [0.25, 0.3) is 0 Å². The molecule has 0 aliphatic heterocycles. The summed E-state index contributed by atoms with van der Waals surface area (Å²) in [5.74, 6) is 0. The lowest BCUT2D eigenvalue weighted by Gasteiger charge is -2.26. The number of hydrogen-bond donors (Lipinski definition) is 1. The third kappa shape index (κ3) is 4.64. The van der Waals surface area contributed by atoms with Gasteiger partial charge in [0.1, 0.15) is 0 Å². The molecule has 16 heavy (non-hydrogen) atoms. The molecule has 90 valence electrons. The molecule has 1 rings (SSSR count). The van der Waals surface area contributed by atoms with Crippen molar-refractivity contribution in [2.24, 2.45) is 0 Å². The van der Waals surface area contributed by atoms with Crippen molar-refractivity contribution in [2.45, 2.75) is 32.9 Å². The first-order valence-electron chi connectivity index (χ1n) is 5.73. The molecule has 0 fully saturated rings. The molecule has 0 saturated carbocycles. The average Bonchev–Trinajstić information content (AvgIpc) is 2.24. The van der Waals surface area contributed by atoms with Crippen molar-refractivity contribution in [3.05, 3.63) is 34.3 Å². The minimum atomic E-state index is 0.266. The first-order chi connectivity index (χ1) is 7.63. The molecule has 0 bridgehead atoms. The largest absolute Gasteiger partial charge is 0.396 e. The second-order valence-electron chi connectivity index (χ2n) is 4.27. The number of aliphatic hydroxyl groups is 1. The highest BCUT2D eigenvalue weighted by atomic mass is 79.9. The van der Waals surface area contributed by atoms with Gasteiger partial charge in [-0.15, -0.1) is 0 Å². The Morgan fingerprint density at radius 1 is 1.38 bits per heavy atom. The van der Waals surface area contributed by atoms with Crippen LogP contribution in [0.15, 0.2) is 28.7 Å². The Kier molecular flexibility index (Phi) is 6.03. The molecule has 0 atom stereocenters. The van der Waals surface area contributed by atoms with E-state index in [1.807, 2.05) is 6.07 Å². The Morgan fingerprint density at radius 2 is 2.12 bits per heavy atom. The van der Waals surface area contributed by atoms with Crippen molar-refractivity contribution in [3.8, 4) is 0 Å². The van der Waals surface area contributed by atoms with E-state index >= 15 is 0 Å². The Bertz CT molecular complexity index is 315. The summed E-state index contributed by atoms with van der Waals surface area (Å²) in [7, 11) is 0. The molecular weight excluding hydrogens is 266 g/mol. The molecule has 0 unspecified atom stereocenters. The summed E-state index contributed by atoms with van der Waals surface area (Å²) in [4.78, 5) is 2.37. The highest BCUT2D eigenvalue weighted by molar-refractivity contribution is 9.10. The van der Waals surface area contributed by atoms with Gasteiger partial charge >= 0.3 is 0 Å². The zero-order valence-electron chi connectivity index (χ0n) is 9.99. The van der Waals surface area contributed by atoms with Crippen LogP contribution in [0.25, 0.3) is 0 Å². The highest BCUT2D eigenvalue weighted by Gasteiger charge is 2.09. The quantitative estimate of drug-likeness (QED) is 0.869. The van der Waals surface area contributed by atoms with E-state index in [4.69, 9.17) is 5.11 Å². The fourth-order valence-corrected chi connectivity index (χ4v) is 2.11. The van der Waals surface area contributed by atoms with Gasteiger partial charge in [0.05, 0.1) is 0 Å². The van der Waals surface area contributed by atoms with E-state index in [0.29, 0.717) is 6.04 Å². The van der Waals surface area contributed by atoms with E-state index in [1.165, 1.54) is 5.56 Å². The Balaban J connectivity index is 2.60.